The third-order valence-electron chi connectivity index (χ3n) is 7.96. The van der Waals surface area contributed by atoms with Gasteiger partial charge in [-0.25, -0.2) is 4.79 Å². The minimum atomic E-state index is -1.28. The maximum Gasteiger partial charge on any atom is 0.352 e. The number of aliphatic carboxylic acids is 1. The molecule has 3 N–H and O–H groups in total. The summed E-state index contributed by atoms with van der Waals surface area (Å²) in [5, 5.41) is 15.2. The molecule has 1 aliphatic heterocycles. The van der Waals surface area contributed by atoms with Gasteiger partial charge in [-0.1, -0.05) is 55.3 Å². The summed E-state index contributed by atoms with van der Waals surface area (Å²) >= 11 is 0. The molecular weight excluding hydrogens is 524 g/mol. The van der Waals surface area contributed by atoms with Crippen LogP contribution in [0.1, 0.15) is 70.2 Å². The van der Waals surface area contributed by atoms with Gasteiger partial charge in [0.2, 0.25) is 17.7 Å². The second-order valence-corrected chi connectivity index (χ2v) is 10.7. The van der Waals surface area contributed by atoms with E-state index in [9.17, 15) is 29.1 Å². The van der Waals surface area contributed by atoms with Crippen molar-refractivity contribution in [2.75, 3.05) is 11.4 Å². The minimum Gasteiger partial charge on any atom is -0.477 e. The zero-order valence-corrected chi connectivity index (χ0v) is 23.6. The summed E-state index contributed by atoms with van der Waals surface area (Å²) in [6.07, 6.45) is 4.17. The molecule has 0 radical (unpaired) electrons. The fraction of sp³-hybridized carbons (Fsp3) is 0.387. The number of amides is 4. The monoisotopic (exact) mass is 560 g/mol. The highest BCUT2D eigenvalue weighted by Crippen LogP contribution is 2.41. The van der Waals surface area contributed by atoms with Gasteiger partial charge in [0.15, 0.2) is 0 Å². The smallest absolute Gasteiger partial charge is 0.352 e. The van der Waals surface area contributed by atoms with Crippen molar-refractivity contribution in [3.8, 4) is 0 Å². The molecule has 41 heavy (non-hydrogen) atoms. The number of carbonyl (C=O) groups excluding carboxylic acids is 4. The standard InChI is InChI=1S/C31H36N4O6/c1-20-28(38)35(27(34(20)22(3)37)24-9-5-4-6-10-24)25-13-11-23(12-14-25)19-26(29(39)40)33-30(41)31(15-7-8-16-31)17-18-32-21(2)36/h4-6,9-14,19-20,27H,7-8,15-18H2,1-3H3,(H,32,36)(H,33,41)(H,39,40)/b26-19-/t20-,27?/m1/s1. The van der Waals surface area contributed by atoms with Crippen LogP contribution in [0.5, 0.6) is 0 Å². The zero-order chi connectivity index (χ0) is 29.7. The summed E-state index contributed by atoms with van der Waals surface area (Å²) in [7, 11) is 0. The average Bonchev–Trinajstić information content (AvgIpc) is 3.52. The van der Waals surface area contributed by atoms with Crippen LogP contribution in [0.4, 0.5) is 5.69 Å². The minimum absolute atomic E-state index is 0.178. The quantitative estimate of drug-likeness (QED) is 0.401. The van der Waals surface area contributed by atoms with E-state index in [-0.39, 0.29) is 29.3 Å². The molecule has 10 heteroatoms. The Labute approximate surface area is 239 Å². The van der Waals surface area contributed by atoms with Gasteiger partial charge in [0.25, 0.3) is 5.91 Å². The van der Waals surface area contributed by atoms with Gasteiger partial charge in [-0.15, -0.1) is 0 Å². The van der Waals surface area contributed by atoms with Gasteiger partial charge in [-0.3, -0.25) is 24.1 Å². The van der Waals surface area contributed by atoms with Crippen LogP contribution in [0.25, 0.3) is 6.08 Å². The number of anilines is 1. The number of nitrogens with one attached hydrogen (secondary N) is 2. The third-order valence-corrected chi connectivity index (χ3v) is 7.96. The van der Waals surface area contributed by atoms with E-state index in [0.29, 0.717) is 37.1 Å². The molecule has 4 amide bonds. The summed E-state index contributed by atoms with van der Waals surface area (Å²) in [5.41, 5.74) is 0.872. The molecule has 0 spiro atoms. The number of benzene rings is 2. The van der Waals surface area contributed by atoms with Crippen molar-refractivity contribution in [2.45, 2.75) is 65.1 Å². The van der Waals surface area contributed by atoms with Crippen LogP contribution in [0, 0.1) is 5.41 Å². The lowest BCUT2D eigenvalue weighted by atomic mass is 9.81. The number of hydrogen-bond donors (Lipinski definition) is 3. The number of rotatable bonds is 9. The van der Waals surface area contributed by atoms with Crippen LogP contribution >= 0.6 is 0 Å². The zero-order valence-electron chi connectivity index (χ0n) is 23.6. The molecule has 2 aromatic carbocycles. The summed E-state index contributed by atoms with van der Waals surface area (Å²) in [6, 6.07) is 15.4. The lowest BCUT2D eigenvalue weighted by Gasteiger charge is -2.30. The Balaban J connectivity index is 1.58. The van der Waals surface area contributed by atoms with Crippen molar-refractivity contribution in [1.82, 2.24) is 15.5 Å². The molecule has 4 rings (SSSR count). The average molecular weight is 561 g/mol. The molecule has 1 heterocycles. The van der Waals surface area contributed by atoms with Gasteiger partial charge in [-0.05, 0) is 55.5 Å². The van der Waals surface area contributed by atoms with Crippen LogP contribution in [-0.2, 0) is 24.0 Å². The van der Waals surface area contributed by atoms with Crippen molar-refractivity contribution < 1.29 is 29.1 Å². The van der Waals surface area contributed by atoms with Crippen LogP contribution in [0.3, 0.4) is 0 Å². The fourth-order valence-corrected chi connectivity index (χ4v) is 5.85. The topological polar surface area (TPSA) is 136 Å². The Morgan fingerprint density at radius 2 is 1.63 bits per heavy atom. The molecule has 2 aliphatic rings. The van der Waals surface area contributed by atoms with Gasteiger partial charge >= 0.3 is 5.97 Å². The summed E-state index contributed by atoms with van der Waals surface area (Å²) in [5.74, 6) is -2.26. The maximum absolute atomic E-state index is 13.3. The van der Waals surface area contributed by atoms with E-state index in [0.717, 1.165) is 18.4 Å². The van der Waals surface area contributed by atoms with Crippen LogP contribution in [-0.4, -0.2) is 52.2 Å². The Morgan fingerprint density at radius 1 is 1.00 bits per heavy atom. The van der Waals surface area contributed by atoms with E-state index in [1.807, 2.05) is 30.3 Å². The van der Waals surface area contributed by atoms with E-state index in [1.54, 1.807) is 41.0 Å². The van der Waals surface area contributed by atoms with Crippen LogP contribution in [0.15, 0.2) is 60.3 Å². The first-order valence-electron chi connectivity index (χ1n) is 13.8. The predicted octanol–water partition coefficient (Wildman–Crippen LogP) is 3.60. The van der Waals surface area contributed by atoms with E-state index in [1.165, 1.54) is 19.9 Å². The molecule has 2 fully saturated rings. The van der Waals surface area contributed by atoms with Crippen molar-refractivity contribution in [1.29, 1.82) is 0 Å². The SMILES string of the molecule is CC(=O)NCCC1(C(=O)N/C(=C\c2ccc(N3C(=O)[C@@H](C)N(C(C)=O)C3c3ccccc3)cc2)C(=O)O)CCCC1. The molecular formula is C31H36N4O6. The normalized spacial score (nSPS) is 20.2. The lowest BCUT2D eigenvalue weighted by molar-refractivity contribution is -0.137. The second-order valence-electron chi connectivity index (χ2n) is 10.7. The Hall–Kier alpha value is -4.47. The molecule has 216 valence electrons. The van der Waals surface area contributed by atoms with E-state index >= 15 is 0 Å². The number of carbonyl (C=O) groups is 5. The molecule has 1 unspecified atom stereocenters. The molecule has 1 saturated heterocycles. The Morgan fingerprint density at radius 3 is 2.20 bits per heavy atom. The molecule has 2 aromatic rings. The van der Waals surface area contributed by atoms with Crippen LogP contribution < -0.4 is 15.5 Å². The van der Waals surface area contributed by atoms with E-state index in [4.69, 9.17) is 0 Å². The summed E-state index contributed by atoms with van der Waals surface area (Å²) in [4.78, 5) is 65.7. The number of carboxylic acids is 1. The Bertz CT molecular complexity index is 1350. The summed E-state index contributed by atoms with van der Waals surface area (Å²) < 4.78 is 0. The second kappa shape index (κ2) is 12.4. The highest BCUT2D eigenvalue weighted by molar-refractivity contribution is 6.03. The molecule has 1 saturated carbocycles. The lowest BCUT2D eigenvalue weighted by Crippen LogP contribution is -2.42. The predicted molar refractivity (Wildman–Crippen MR) is 153 cm³/mol. The van der Waals surface area contributed by atoms with Crippen molar-refractivity contribution in [3.63, 3.8) is 0 Å². The fourth-order valence-electron chi connectivity index (χ4n) is 5.85. The van der Waals surface area contributed by atoms with Crippen molar-refractivity contribution in [3.05, 3.63) is 71.4 Å². The highest BCUT2D eigenvalue weighted by atomic mass is 16.4. The van der Waals surface area contributed by atoms with Gasteiger partial charge in [0, 0.05) is 26.1 Å². The van der Waals surface area contributed by atoms with Crippen molar-refractivity contribution >= 4 is 41.4 Å². The van der Waals surface area contributed by atoms with Gasteiger partial charge in [0.05, 0.1) is 5.41 Å². The van der Waals surface area contributed by atoms with Gasteiger partial charge in [-0.2, -0.15) is 0 Å². The van der Waals surface area contributed by atoms with Gasteiger partial charge in [0.1, 0.15) is 17.9 Å². The van der Waals surface area contributed by atoms with E-state index in [2.05, 4.69) is 10.6 Å². The summed E-state index contributed by atoms with van der Waals surface area (Å²) in [6.45, 7) is 4.90. The largest absolute Gasteiger partial charge is 0.477 e. The van der Waals surface area contributed by atoms with E-state index < -0.39 is 23.6 Å². The molecule has 10 nitrogen and oxygen atoms in total. The first kappa shape index (κ1) is 29.5. The third kappa shape index (κ3) is 6.32. The molecule has 2 atom stereocenters. The highest BCUT2D eigenvalue weighted by Gasteiger charge is 2.46. The number of carboxylic acid groups (broad SMARTS) is 1. The first-order valence-corrected chi connectivity index (χ1v) is 13.8. The first-order chi connectivity index (χ1) is 19.5. The van der Waals surface area contributed by atoms with Crippen LogP contribution in [0.2, 0.25) is 0 Å². The molecule has 0 bridgehead atoms. The van der Waals surface area contributed by atoms with Gasteiger partial charge < -0.3 is 20.6 Å². The molecule has 0 aromatic heterocycles. The number of hydrogen-bond acceptors (Lipinski definition) is 5. The number of nitrogens with zero attached hydrogens (tertiary/aromatic N) is 2. The van der Waals surface area contributed by atoms with Crippen molar-refractivity contribution in [2.24, 2.45) is 5.41 Å². The molecule has 1 aliphatic carbocycles. The maximum atomic E-state index is 13.3. The Kier molecular flexibility index (Phi) is 8.90.